The number of hydrogen-bond acceptors (Lipinski definition) is 4. The van der Waals surface area contributed by atoms with Crippen LogP contribution in [-0.4, -0.2) is 66.1 Å². The van der Waals surface area contributed by atoms with Crippen LogP contribution in [0.4, 0.5) is 57.1 Å². The number of methoxy groups -OCH3 is 1. The molecule has 0 saturated carbocycles. The molecule has 182 valence electrons. The van der Waals surface area contributed by atoms with E-state index >= 15 is 0 Å². The third-order valence-electron chi connectivity index (χ3n) is 3.28. The normalized spacial score (nSPS) is 14.1. The van der Waals surface area contributed by atoms with Crippen molar-refractivity contribution in [3.05, 3.63) is 0 Å². The Morgan fingerprint density at radius 1 is 0.806 bits per heavy atom. The fourth-order valence-corrected chi connectivity index (χ4v) is 2.80. The number of esters is 1. The second kappa shape index (κ2) is 10.2. The number of thioether (sulfide) groups is 2. The molecule has 0 saturated heterocycles. The summed E-state index contributed by atoms with van der Waals surface area (Å²) >= 11 is 1.01. The van der Waals surface area contributed by atoms with Crippen molar-refractivity contribution in [1.82, 2.24) is 0 Å². The Hall–Kier alpha value is -1.18. The topological polar surface area (TPSA) is 26.3 Å². The third-order valence-corrected chi connectivity index (χ3v) is 4.77. The van der Waals surface area contributed by atoms with E-state index in [-0.39, 0.29) is 23.3 Å². The molecule has 17 heteroatoms. The minimum atomic E-state index is -7.89. The summed E-state index contributed by atoms with van der Waals surface area (Å²) in [6.45, 7) is 0. The highest BCUT2D eigenvalue weighted by Gasteiger charge is 2.90. The molecule has 0 aromatic rings. The maximum Gasteiger partial charge on any atom is 0.460 e. The van der Waals surface area contributed by atoms with Crippen LogP contribution in [0.1, 0.15) is 6.42 Å². The summed E-state index contributed by atoms with van der Waals surface area (Å²) in [4.78, 5) is 10.7. The van der Waals surface area contributed by atoms with Crippen LogP contribution in [0, 0.1) is 11.2 Å². The zero-order valence-electron chi connectivity index (χ0n) is 14.9. The quantitative estimate of drug-likeness (QED) is 0.159. The van der Waals surface area contributed by atoms with Gasteiger partial charge in [0.1, 0.15) is 0 Å². The number of carbonyl (C=O) groups is 1. The van der Waals surface area contributed by atoms with Crippen molar-refractivity contribution in [1.29, 1.82) is 0 Å². The molecule has 0 heterocycles. The molecule has 0 amide bonds. The molecular formula is C14H11F13O2S2. The van der Waals surface area contributed by atoms with E-state index in [1.54, 1.807) is 0 Å². The van der Waals surface area contributed by atoms with E-state index in [1.165, 1.54) is 0 Å². The van der Waals surface area contributed by atoms with E-state index in [2.05, 4.69) is 10.7 Å². The zero-order valence-corrected chi connectivity index (χ0v) is 16.5. The molecule has 0 aromatic heterocycles. The molecule has 0 radical (unpaired) electrons. The number of rotatable bonds is 10. The lowest BCUT2D eigenvalue weighted by atomic mass is 9.93. The first-order chi connectivity index (χ1) is 13.7. The second-order valence-electron chi connectivity index (χ2n) is 5.45. The van der Waals surface area contributed by atoms with Gasteiger partial charge in [-0.25, -0.2) is 0 Å². The van der Waals surface area contributed by atoms with Gasteiger partial charge in [-0.3, -0.25) is 4.79 Å². The SMILES string of the molecule is COC(=O)CSCC#CSCCC(F)(F)C(F)(F)C(F)(F)C(F)(F)C(F)(F)C(F)(F)F. The van der Waals surface area contributed by atoms with Gasteiger partial charge in [-0.15, -0.1) is 11.8 Å². The summed E-state index contributed by atoms with van der Waals surface area (Å²) in [6, 6.07) is 0. The van der Waals surface area contributed by atoms with Crippen molar-refractivity contribution in [3.8, 4) is 11.2 Å². The largest absolute Gasteiger partial charge is 0.468 e. The molecule has 0 N–H and O–H groups in total. The molecule has 31 heavy (non-hydrogen) atoms. The number of halogens is 13. The van der Waals surface area contributed by atoms with Gasteiger partial charge in [0.25, 0.3) is 0 Å². The Morgan fingerprint density at radius 3 is 1.74 bits per heavy atom. The molecule has 0 aromatic carbocycles. The highest BCUT2D eigenvalue weighted by Crippen LogP contribution is 2.60. The van der Waals surface area contributed by atoms with Crippen LogP contribution in [0.25, 0.3) is 0 Å². The van der Waals surface area contributed by atoms with Gasteiger partial charge in [0.05, 0.1) is 18.6 Å². The molecule has 0 fully saturated rings. The van der Waals surface area contributed by atoms with Crippen LogP contribution >= 0.6 is 23.5 Å². The van der Waals surface area contributed by atoms with Gasteiger partial charge >= 0.3 is 41.8 Å². The second-order valence-corrected chi connectivity index (χ2v) is 7.33. The van der Waals surface area contributed by atoms with Gasteiger partial charge in [-0.2, -0.15) is 57.1 Å². The van der Waals surface area contributed by atoms with Crippen LogP contribution in [-0.2, 0) is 9.53 Å². The summed E-state index contributed by atoms with van der Waals surface area (Å²) in [5, 5.41) is 2.03. The van der Waals surface area contributed by atoms with E-state index in [9.17, 15) is 61.9 Å². The fourth-order valence-electron chi connectivity index (χ4n) is 1.51. The molecule has 0 aliphatic carbocycles. The lowest BCUT2D eigenvalue weighted by molar-refractivity contribution is -0.439. The van der Waals surface area contributed by atoms with Crippen molar-refractivity contribution in [2.24, 2.45) is 0 Å². The summed E-state index contributed by atoms with van der Waals surface area (Å²) < 4.78 is 172. The number of alkyl halides is 13. The first kappa shape index (κ1) is 29.8. The highest BCUT2D eigenvalue weighted by molar-refractivity contribution is 8.04. The first-order valence-corrected chi connectivity index (χ1v) is 9.54. The molecule has 0 aliphatic rings. The standard InChI is InChI=1S/C14H11F13O2S2/c1-29-8(28)7-31-5-2-4-30-6-3-9(15,16)10(17,18)11(19,20)12(21,22)13(23,24)14(25,26)27/h3,5-7H2,1H3. The smallest absolute Gasteiger partial charge is 0.460 e. The van der Waals surface area contributed by atoms with Gasteiger partial charge in [0, 0.05) is 12.2 Å². The van der Waals surface area contributed by atoms with Crippen LogP contribution < -0.4 is 0 Å². The summed E-state index contributed by atoms with van der Waals surface area (Å²) in [6.07, 6.45) is -9.74. The van der Waals surface area contributed by atoms with Crippen molar-refractivity contribution in [2.45, 2.75) is 42.2 Å². The Bertz CT molecular complexity index is 680. The van der Waals surface area contributed by atoms with Gasteiger partial charge in [0.2, 0.25) is 0 Å². The van der Waals surface area contributed by atoms with Crippen LogP contribution in [0.3, 0.4) is 0 Å². The lowest BCUT2D eigenvalue weighted by Crippen LogP contribution is -2.70. The summed E-state index contributed by atoms with van der Waals surface area (Å²) in [5.41, 5.74) is 0. The zero-order chi connectivity index (χ0) is 24.9. The Kier molecular flexibility index (Phi) is 9.79. The molecule has 0 aliphatic heterocycles. The van der Waals surface area contributed by atoms with Crippen molar-refractivity contribution < 1.29 is 66.6 Å². The van der Waals surface area contributed by atoms with Crippen LogP contribution in [0.2, 0.25) is 0 Å². The maximum atomic E-state index is 13.5. The van der Waals surface area contributed by atoms with Crippen molar-refractivity contribution in [3.63, 3.8) is 0 Å². The fraction of sp³-hybridized carbons (Fsp3) is 0.786. The van der Waals surface area contributed by atoms with E-state index < -0.39 is 53.9 Å². The number of ether oxygens (including phenoxy) is 1. The summed E-state index contributed by atoms with van der Waals surface area (Å²) in [5.74, 6) is -36.6. The minimum absolute atomic E-state index is 0.0779. The molecule has 0 rings (SSSR count). The minimum Gasteiger partial charge on any atom is -0.468 e. The third kappa shape index (κ3) is 6.20. The van der Waals surface area contributed by atoms with Gasteiger partial charge in [0.15, 0.2) is 0 Å². The number of carbonyl (C=O) groups excluding carboxylic acids is 1. The van der Waals surface area contributed by atoms with E-state index in [0.29, 0.717) is 0 Å². The average Bonchev–Trinajstić information content (AvgIpc) is 2.61. The Labute approximate surface area is 174 Å². The number of hydrogen-bond donors (Lipinski definition) is 0. The summed E-state index contributed by atoms with van der Waals surface area (Å²) in [7, 11) is 1.09. The predicted octanol–water partition coefficient (Wildman–Crippen LogP) is 5.72. The first-order valence-electron chi connectivity index (χ1n) is 7.40. The molecule has 0 atom stereocenters. The van der Waals surface area contributed by atoms with Gasteiger partial charge in [-0.05, 0) is 5.25 Å². The van der Waals surface area contributed by atoms with Gasteiger partial charge < -0.3 is 4.74 Å². The molecule has 2 nitrogen and oxygen atoms in total. The Balaban J connectivity index is 5.25. The lowest BCUT2D eigenvalue weighted by Gasteiger charge is -2.39. The van der Waals surface area contributed by atoms with Crippen LogP contribution in [0.5, 0.6) is 0 Å². The van der Waals surface area contributed by atoms with Crippen molar-refractivity contribution >= 4 is 29.5 Å². The van der Waals surface area contributed by atoms with Gasteiger partial charge in [-0.1, -0.05) is 17.7 Å². The average molecular weight is 522 g/mol. The van der Waals surface area contributed by atoms with Crippen molar-refractivity contribution in [2.75, 3.05) is 24.4 Å². The maximum absolute atomic E-state index is 13.5. The van der Waals surface area contributed by atoms with E-state index in [0.717, 1.165) is 18.9 Å². The van der Waals surface area contributed by atoms with E-state index in [1.807, 2.05) is 5.25 Å². The molecule has 0 spiro atoms. The monoisotopic (exact) mass is 522 g/mol. The highest BCUT2D eigenvalue weighted by atomic mass is 32.2. The predicted molar refractivity (Wildman–Crippen MR) is 85.0 cm³/mol. The Morgan fingerprint density at radius 2 is 1.29 bits per heavy atom. The van der Waals surface area contributed by atoms with E-state index in [4.69, 9.17) is 0 Å². The molecule has 0 bridgehead atoms. The molecule has 0 unspecified atom stereocenters. The molecular weight excluding hydrogens is 511 g/mol. The van der Waals surface area contributed by atoms with Crippen LogP contribution in [0.15, 0.2) is 0 Å².